The zero-order valence-corrected chi connectivity index (χ0v) is 10.4. The van der Waals surface area contributed by atoms with Gasteiger partial charge >= 0.3 is 6.18 Å². The third-order valence-corrected chi connectivity index (χ3v) is 3.08. The maximum absolute atomic E-state index is 12.4. The third kappa shape index (κ3) is 2.92. The van der Waals surface area contributed by atoms with Crippen molar-refractivity contribution in [2.75, 3.05) is 5.32 Å². The minimum absolute atomic E-state index is 0.297. The molecule has 0 aliphatic heterocycles. The van der Waals surface area contributed by atoms with Crippen LogP contribution in [0.2, 0.25) is 0 Å². The van der Waals surface area contributed by atoms with Gasteiger partial charge in [-0.15, -0.1) is 0 Å². The molecule has 1 aromatic heterocycles. The van der Waals surface area contributed by atoms with Crippen molar-refractivity contribution in [3.63, 3.8) is 0 Å². The van der Waals surface area contributed by atoms with Gasteiger partial charge in [0.2, 0.25) is 5.89 Å². The predicted octanol–water partition coefficient (Wildman–Crippen LogP) is 3.58. The van der Waals surface area contributed by atoms with Gasteiger partial charge in [-0.05, 0) is 37.1 Å². The highest BCUT2D eigenvalue weighted by Crippen LogP contribution is 2.38. The van der Waals surface area contributed by atoms with E-state index in [1.54, 1.807) is 0 Å². The fraction of sp³-hybridized carbons (Fsp3) is 0.385. The lowest BCUT2D eigenvalue weighted by Crippen LogP contribution is -2.05. The van der Waals surface area contributed by atoms with Crippen molar-refractivity contribution >= 4 is 5.69 Å². The minimum Gasteiger partial charge on any atom is -0.376 e. The number of rotatable bonds is 4. The van der Waals surface area contributed by atoms with Crippen LogP contribution in [-0.2, 0) is 12.7 Å². The summed E-state index contributed by atoms with van der Waals surface area (Å²) in [5, 5.41) is 6.81. The van der Waals surface area contributed by atoms with Crippen molar-refractivity contribution in [2.45, 2.75) is 31.5 Å². The first-order valence-corrected chi connectivity index (χ1v) is 6.26. The summed E-state index contributed by atoms with van der Waals surface area (Å²) in [6.45, 7) is 0.297. The van der Waals surface area contributed by atoms with Gasteiger partial charge in [0.25, 0.3) is 0 Å². The molecule has 1 aliphatic rings. The zero-order chi connectivity index (χ0) is 14.2. The maximum Gasteiger partial charge on any atom is 0.416 e. The lowest BCUT2D eigenvalue weighted by molar-refractivity contribution is -0.137. The third-order valence-electron chi connectivity index (χ3n) is 3.08. The maximum atomic E-state index is 12.4. The molecular formula is C13H12F3N3O. The molecule has 7 heteroatoms. The average Bonchev–Trinajstić information content (AvgIpc) is 3.15. The summed E-state index contributed by atoms with van der Waals surface area (Å²) >= 11 is 0. The molecule has 1 aliphatic carbocycles. The van der Waals surface area contributed by atoms with Gasteiger partial charge in [0.1, 0.15) is 0 Å². The molecule has 0 amide bonds. The van der Waals surface area contributed by atoms with Crippen molar-refractivity contribution in [1.29, 1.82) is 0 Å². The topological polar surface area (TPSA) is 51.0 Å². The molecule has 20 heavy (non-hydrogen) atoms. The summed E-state index contributed by atoms with van der Waals surface area (Å²) < 4.78 is 42.3. The number of nitrogens with zero attached hydrogens (tertiary/aromatic N) is 2. The number of hydrogen-bond acceptors (Lipinski definition) is 4. The lowest BCUT2D eigenvalue weighted by atomic mass is 10.2. The molecule has 0 saturated heterocycles. The minimum atomic E-state index is -4.32. The Morgan fingerprint density at radius 1 is 1.20 bits per heavy atom. The summed E-state index contributed by atoms with van der Waals surface area (Å²) in [7, 11) is 0. The number of aromatic nitrogens is 2. The van der Waals surface area contributed by atoms with E-state index >= 15 is 0 Å². The number of benzene rings is 1. The van der Waals surface area contributed by atoms with Crippen LogP contribution in [0.4, 0.5) is 18.9 Å². The second kappa shape index (κ2) is 4.81. The van der Waals surface area contributed by atoms with Gasteiger partial charge in [-0.2, -0.15) is 18.2 Å². The monoisotopic (exact) mass is 283 g/mol. The second-order valence-electron chi connectivity index (χ2n) is 4.75. The normalized spacial score (nSPS) is 15.3. The largest absolute Gasteiger partial charge is 0.416 e. The van der Waals surface area contributed by atoms with Crippen molar-refractivity contribution in [1.82, 2.24) is 10.1 Å². The van der Waals surface area contributed by atoms with Gasteiger partial charge in [-0.3, -0.25) is 0 Å². The van der Waals surface area contributed by atoms with Crippen LogP contribution in [0.5, 0.6) is 0 Å². The molecule has 1 heterocycles. The van der Waals surface area contributed by atoms with E-state index in [1.807, 2.05) is 0 Å². The second-order valence-corrected chi connectivity index (χ2v) is 4.75. The van der Waals surface area contributed by atoms with Crippen LogP contribution in [0.1, 0.15) is 36.0 Å². The van der Waals surface area contributed by atoms with E-state index in [9.17, 15) is 13.2 Å². The van der Waals surface area contributed by atoms with Gasteiger partial charge in [-0.25, -0.2) is 0 Å². The first kappa shape index (κ1) is 13.0. The molecule has 0 spiro atoms. The van der Waals surface area contributed by atoms with E-state index in [1.165, 1.54) is 12.1 Å². The van der Waals surface area contributed by atoms with Crippen molar-refractivity contribution in [2.24, 2.45) is 0 Å². The van der Waals surface area contributed by atoms with Gasteiger partial charge in [0.15, 0.2) is 5.82 Å². The van der Waals surface area contributed by atoms with Crippen molar-refractivity contribution in [3.8, 4) is 0 Å². The van der Waals surface area contributed by atoms with E-state index in [4.69, 9.17) is 4.52 Å². The van der Waals surface area contributed by atoms with Crippen LogP contribution in [0, 0.1) is 0 Å². The highest BCUT2D eigenvalue weighted by atomic mass is 19.4. The van der Waals surface area contributed by atoms with Crippen LogP contribution in [-0.4, -0.2) is 10.1 Å². The summed E-state index contributed by atoms with van der Waals surface area (Å²) in [6.07, 6.45) is -2.14. The van der Waals surface area contributed by atoms with Crippen molar-refractivity contribution < 1.29 is 17.7 Å². The quantitative estimate of drug-likeness (QED) is 0.931. The smallest absolute Gasteiger partial charge is 0.376 e. The number of anilines is 1. The molecule has 2 aromatic rings. The lowest BCUT2D eigenvalue weighted by Gasteiger charge is -2.08. The Morgan fingerprint density at radius 3 is 2.50 bits per heavy atom. The SMILES string of the molecule is FC(F)(F)c1ccc(NCc2nc(C3CC3)no2)cc1. The molecule has 0 atom stereocenters. The molecule has 3 rings (SSSR count). The van der Waals surface area contributed by atoms with Gasteiger partial charge in [0, 0.05) is 11.6 Å². The van der Waals surface area contributed by atoms with E-state index in [2.05, 4.69) is 15.5 Å². The fourth-order valence-corrected chi connectivity index (χ4v) is 1.80. The van der Waals surface area contributed by atoms with Gasteiger partial charge < -0.3 is 9.84 Å². The van der Waals surface area contributed by atoms with E-state index in [0.717, 1.165) is 25.0 Å². The van der Waals surface area contributed by atoms with Crippen LogP contribution in [0.25, 0.3) is 0 Å². The Labute approximate surface area is 113 Å². The van der Waals surface area contributed by atoms with Gasteiger partial charge in [-0.1, -0.05) is 5.16 Å². The Morgan fingerprint density at radius 2 is 1.90 bits per heavy atom. The Balaban J connectivity index is 1.59. The van der Waals surface area contributed by atoms with Crippen LogP contribution in [0.15, 0.2) is 28.8 Å². The number of nitrogens with one attached hydrogen (secondary N) is 1. The molecule has 4 nitrogen and oxygen atoms in total. The molecule has 1 fully saturated rings. The van der Waals surface area contributed by atoms with E-state index in [-0.39, 0.29) is 0 Å². The number of halogens is 3. The van der Waals surface area contributed by atoms with Gasteiger partial charge in [0.05, 0.1) is 12.1 Å². The molecule has 1 N–H and O–H groups in total. The zero-order valence-electron chi connectivity index (χ0n) is 10.4. The van der Waals surface area contributed by atoms with Crippen molar-refractivity contribution in [3.05, 3.63) is 41.5 Å². The fourth-order valence-electron chi connectivity index (χ4n) is 1.80. The summed E-state index contributed by atoms with van der Waals surface area (Å²) in [6, 6.07) is 4.82. The molecule has 106 valence electrons. The molecule has 0 radical (unpaired) electrons. The number of hydrogen-bond donors (Lipinski definition) is 1. The Kier molecular flexibility index (Phi) is 3.11. The molecule has 0 unspecified atom stereocenters. The predicted molar refractivity (Wildman–Crippen MR) is 65.0 cm³/mol. The van der Waals surface area contributed by atoms with Crippen LogP contribution >= 0.6 is 0 Å². The first-order chi connectivity index (χ1) is 9.52. The molecule has 1 saturated carbocycles. The van der Waals surface area contributed by atoms with Crippen LogP contribution < -0.4 is 5.32 Å². The Hall–Kier alpha value is -2.05. The summed E-state index contributed by atoms with van der Waals surface area (Å²) in [5.74, 6) is 1.57. The average molecular weight is 283 g/mol. The van der Waals surface area contributed by atoms with E-state index in [0.29, 0.717) is 29.9 Å². The Bertz CT molecular complexity index is 588. The molecule has 1 aromatic carbocycles. The standard InChI is InChI=1S/C13H12F3N3O/c14-13(15,16)9-3-5-10(6-4-9)17-7-11-18-12(19-20-11)8-1-2-8/h3-6,8,17H,1-2,7H2. The summed E-state index contributed by atoms with van der Waals surface area (Å²) in [4.78, 5) is 4.22. The highest BCUT2D eigenvalue weighted by molar-refractivity contribution is 5.45. The van der Waals surface area contributed by atoms with Crippen LogP contribution in [0.3, 0.4) is 0 Å². The number of alkyl halides is 3. The highest BCUT2D eigenvalue weighted by Gasteiger charge is 2.30. The van der Waals surface area contributed by atoms with E-state index < -0.39 is 11.7 Å². The first-order valence-electron chi connectivity index (χ1n) is 6.26. The molecule has 0 bridgehead atoms. The summed E-state index contributed by atoms with van der Waals surface area (Å²) in [5.41, 5.74) is -0.0963. The molecular weight excluding hydrogens is 271 g/mol.